The lowest BCUT2D eigenvalue weighted by atomic mass is 10.1. The van der Waals surface area contributed by atoms with E-state index in [-0.39, 0.29) is 16.1 Å². The number of rotatable bonds is 6. The van der Waals surface area contributed by atoms with Crippen molar-refractivity contribution in [2.75, 3.05) is 0 Å². The summed E-state index contributed by atoms with van der Waals surface area (Å²) < 4.78 is 80.6. The fraction of sp³-hybridized carbons (Fsp3) is 0.278. The van der Waals surface area contributed by atoms with Gasteiger partial charge in [-0.15, -0.1) is 5.10 Å². The minimum atomic E-state index is -5.77. The lowest BCUT2D eigenvalue weighted by Gasteiger charge is -2.13. The maximum absolute atomic E-state index is 13.7. The minimum absolute atomic E-state index is 0.101. The summed E-state index contributed by atoms with van der Waals surface area (Å²) in [7, 11) is -4.71. The molecule has 0 bridgehead atoms. The SMILES string of the molecule is Cn1nc(OS(=O)(=O)F)c(C(F)(F)F)c1-n1cc(-c2ccc(Cl)c(C(=O)NC3(N)CC3)c2)cn1. The number of alkyl halides is 3. The predicted octanol–water partition coefficient (Wildman–Crippen LogP) is 2.72. The van der Waals surface area contributed by atoms with Crippen molar-refractivity contribution in [1.82, 2.24) is 24.9 Å². The Labute approximate surface area is 194 Å². The van der Waals surface area contributed by atoms with Crippen molar-refractivity contribution >= 4 is 28.0 Å². The van der Waals surface area contributed by atoms with Crippen molar-refractivity contribution in [2.24, 2.45) is 12.8 Å². The molecule has 0 aliphatic heterocycles. The number of aryl methyl sites for hydroxylation is 1. The number of halogens is 5. The molecular formula is C18H15ClF4N6O4S. The standard InChI is InChI=1S/C18H15ClF4N6O4S/c1-28-16(13(18(20,21)22)15(27-28)33-34(23,31)32)29-8-10(7-25-29)9-2-3-12(19)11(6-9)14(30)26-17(24)4-5-17/h2-3,6-8H,4-5,24H2,1H3,(H,26,30). The van der Waals surface area contributed by atoms with E-state index in [0.717, 1.165) is 11.7 Å². The highest BCUT2D eigenvalue weighted by Gasteiger charge is 2.43. The third-order valence-corrected chi connectivity index (χ3v) is 5.63. The largest absolute Gasteiger partial charge is 0.490 e. The monoisotopic (exact) mass is 522 g/mol. The molecule has 1 aromatic carbocycles. The first-order valence-electron chi connectivity index (χ1n) is 9.41. The number of nitrogens with zero attached hydrogens (tertiary/aromatic N) is 4. The molecule has 4 rings (SSSR count). The third-order valence-electron chi connectivity index (χ3n) is 4.94. The summed E-state index contributed by atoms with van der Waals surface area (Å²) in [5.41, 5.74) is 4.23. The van der Waals surface area contributed by atoms with Crippen LogP contribution in [0, 0.1) is 0 Å². The van der Waals surface area contributed by atoms with Crippen LogP contribution >= 0.6 is 11.6 Å². The molecule has 0 spiro atoms. The van der Waals surface area contributed by atoms with E-state index in [1.54, 1.807) is 0 Å². The summed E-state index contributed by atoms with van der Waals surface area (Å²) in [6.07, 6.45) is -1.55. The van der Waals surface area contributed by atoms with Gasteiger partial charge in [-0.2, -0.15) is 26.7 Å². The van der Waals surface area contributed by atoms with Crippen LogP contribution in [-0.4, -0.2) is 39.5 Å². The van der Waals surface area contributed by atoms with Gasteiger partial charge in [-0.05, 0) is 30.5 Å². The number of nitrogens with two attached hydrogens (primary N) is 1. The van der Waals surface area contributed by atoms with Crippen LogP contribution < -0.4 is 15.2 Å². The van der Waals surface area contributed by atoms with E-state index < -0.39 is 45.5 Å². The van der Waals surface area contributed by atoms with E-state index in [2.05, 4.69) is 19.7 Å². The van der Waals surface area contributed by atoms with Gasteiger partial charge in [0.1, 0.15) is 0 Å². The Bertz CT molecular complexity index is 1400. The first kappa shape index (κ1) is 24.0. The molecule has 1 aliphatic rings. The molecule has 1 amide bonds. The highest BCUT2D eigenvalue weighted by atomic mass is 35.5. The quantitative estimate of drug-likeness (QED) is 0.289. The summed E-state index contributed by atoms with van der Waals surface area (Å²) in [5, 5.41) is 9.99. The van der Waals surface area contributed by atoms with Crippen LogP contribution in [0.3, 0.4) is 0 Å². The van der Waals surface area contributed by atoms with Gasteiger partial charge in [0.2, 0.25) is 0 Å². The number of aromatic nitrogens is 4. The van der Waals surface area contributed by atoms with Crippen LogP contribution in [-0.2, 0) is 23.7 Å². The van der Waals surface area contributed by atoms with Crippen molar-refractivity contribution in [1.29, 1.82) is 0 Å². The number of nitrogens with one attached hydrogen (secondary N) is 1. The van der Waals surface area contributed by atoms with Gasteiger partial charge in [-0.3, -0.25) is 4.79 Å². The van der Waals surface area contributed by atoms with Crippen LogP contribution in [0.2, 0.25) is 5.02 Å². The van der Waals surface area contributed by atoms with Crippen molar-refractivity contribution in [3.63, 3.8) is 0 Å². The van der Waals surface area contributed by atoms with E-state index in [4.69, 9.17) is 17.3 Å². The fourth-order valence-corrected chi connectivity index (χ4v) is 3.68. The van der Waals surface area contributed by atoms with E-state index in [0.29, 0.717) is 23.1 Å². The lowest BCUT2D eigenvalue weighted by molar-refractivity contribution is -0.138. The Balaban J connectivity index is 1.74. The van der Waals surface area contributed by atoms with Gasteiger partial charge in [-0.25, -0.2) is 9.36 Å². The summed E-state index contributed by atoms with van der Waals surface area (Å²) in [6, 6.07) is 4.37. The van der Waals surface area contributed by atoms with E-state index >= 15 is 0 Å². The molecule has 1 fully saturated rings. The first-order valence-corrected chi connectivity index (χ1v) is 11.1. The number of benzene rings is 1. The molecular weight excluding hydrogens is 508 g/mol. The number of hydrogen-bond acceptors (Lipinski definition) is 7. The average molecular weight is 523 g/mol. The zero-order chi connectivity index (χ0) is 25.1. The van der Waals surface area contributed by atoms with E-state index in [9.17, 15) is 30.3 Å². The van der Waals surface area contributed by atoms with Gasteiger partial charge in [0.15, 0.2) is 11.4 Å². The lowest BCUT2D eigenvalue weighted by Crippen LogP contribution is -2.43. The Morgan fingerprint density at radius 2 is 1.97 bits per heavy atom. The second kappa shape index (κ2) is 7.95. The van der Waals surface area contributed by atoms with Gasteiger partial charge < -0.3 is 15.2 Å². The smallest absolute Gasteiger partial charge is 0.335 e. The van der Waals surface area contributed by atoms with Gasteiger partial charge in [0, 0.05) is 18.8 Å². The zero-order valence-electron chi connectivity index (χ0n) is 17.1. The minimum Gasteiger partial charge on any atom is -0.335 e. The van der Waals surface area contributed by atoms with Crippen LogP contribution in [0.1, 0.15) is 28.8 Å². The first-order chi connectivity index (χ1) is 15.7. The van der Waals surface area contributed by atoms with Gasteiger partial charge in [-0.1, -0.05) is 21.6 Å². The molecule has 16 heteroatoms. The van der Waals surface area contributed by atoms with Crippen LogP contribution in [0.25, 0.3) is 16.9 Å². The second-order valence-corrected chi connectivity index (χ2v) is 8.94. The topological polar surface area (TPSA) is 134 Å². The maximum atomic E-state index is 13.7. The second-order valence-electron chi connectivity index (χ2n) is 7.58. The molecule has 34 heavy (non-hydrogen) atoms. The third kappa shape index (κ3) is 4.85. The molecule has 3 aromatic rings. The summed E-state index contributed by atoms with van der Waals surface area (Å²) in [5.74, 6) is -2.74. The number of carbonyl (C=O) groups is 1. The molecule has 0 atom stereocenters. The molecule has 1 aliphatic carbocycles. The Morgan fingerprint density at radius 1 is 1.29 bits per heavy atom. The van der Waals surface area contributed by atoms with Crippen LogP contribution in [0.5, 0.6) is 5.88 Å². The summed E-state index contributed by atoms with van der Waals surface area (Å²) in [4.78, 5) is 12.5. The molecule has 0 radical (unpaired) electrons. The number of hydrogen-bond donors (Lipinski definition) is 2. The molecule has 2 aromatic heterocycles. The van der Waals surface area contributed by atoms with E-state index in [1.807, 2.05) is 0 Å². The summed E-state index contributed by atoms with van der Waals surface area (Å²) in [6.45, 7) is 0. The van der Waals surface area contributed by atoms with Gasteiger partial charge in [0.05, 0.1) is 22.4 Å². The van der Waals surface area contributed by atoms with Crippen LogP contribution in [0.4, 0.5) is 17.1 Å². The predicted molar refractivity (Wildman–Crippen MR) is 110 cm³/mol. The van der Waals surface area contributed by atoms with Crippen LogP contribution in [0.15, 0.2) is 30.6 Å². The normalized spacial score (nSPS) is 15.3. The molecule has 0 unspecified atom stereocenters. The molecule has 3 N–H and O–H groups in total. The molecule has 10 nitrogen and oxygen atoms in total. The highest BCUT2D eigenvalue weighted by molar-refractivity contribution is 7.81. The van der Waals surface area contributed by atoms with E-state index in [1.165, 1.54) is 30.6 Å². The fourth-order valence-electron chi connectivity index (χ4n) is 3.17. The molecule has 2 heterocycles. The average Bonchev–Trinajstić information content (AvgIpc) is 3.09. The number of amides is 1. The molecule has 0 saturated heterocycles. The maximum Gasteiger partial charge on any atom is 0.490 e. The van der Waals surface area contributed by atoms with Gasteiger partial charge in [0.25, 0.3) is 11.8 Å². The van der Waals surface area contributed by atoms with Crippen molar-refractivity contribution < 1.29 is 34.5 Å². The number of carbonyl (C=O) groups excluding carboxylic acids is 1. The highest BCUT2D eigenvalue weighted by Crippen LogP contribution is 2.41. The summed E-state index contributed by atoms with van der Waals surface area (Å²) >= 11 is 6.12. The Kier molecular flexibility index (Phi) is 5.61. The van der Waals surface area contributed by atoms with Gasteiger partial charge >= 0.3 is 16.7 Å². The zero-order valence-corrected chi connectivity index (χ0v) is 18.7. The molecule has 182 valence electrons. The van der Waals surface area contributed by atoms with Crippen molar-refractivity contribution in [3.05, 3.63) is 46.7 Å². The Morgan fingerprint density at radius 3 is 2.56 bits per heavy atom. The molecule has 1 saturated carbocycles. The van der Waals surface area contributed by atoms with Crippen molar-refractivity contribution in [3.8, 4) is 22.8 Å². The Hall–Kier alpha value is -3.17. The van der Waals surface area contributed by atoms with Crippen molar-refractivity contribution in [2.45, 2.75) is 24.7 Å².